The van der Waals surface area contributed by atoms with E-state index in [1.165, 1.54) is 4.90 Å². The third-order valence-corrected chi connectivity index (χ3v) is 3.00. The summed E-state index contributed by atoms with van der Waals surface area (Å²) >= 11 is 0. The molecule has 0 aromatic carbocycles. The second-order valence-electron chi connectivity index (χ2n) is 5.07. The normalized spacial score (nSPS) is 15.1. The zero-order valence-electron chi connectivity index (χ0n) is 11.8. The van der Waals surface area contributed by atoms with Gasteiger partial charge in [-0.15, -0.1) is 0 Å². The predicted molar refractivity (Wildman–Crippen MR) is 72.4 cm³/mol. The minimum atomic E-state index is -0.916. The molecule has 4 N–H and O–H groups in total. The van der Waals surface area contributed by atoms with Crippen molar-refractivity contribution in [3.63, 3.8) is 0 Å². The Morgan fingerprint density at radius 1 is 1.20 bits per heavy atom. The highest BCUT2D eigenvalue weighted by molar-refractivity contribution is 5.76. The number of urea groups is 2. The van der Waals surface area contributed by atoms with Crippen molar-refractivity contribution in [2.75, 3.05) is 27.2 Å². The average Bonchev–Trinajstić information content (AvgIpc) is 3.16. The monoisotopic (exact) mass is 286 g/mol. The van der Waals surface area contributed by atoms with Gasteiger partial charge in [-0.25, -0.2) is 9.59 Å². The van der Waals surface area contributed by atoms with Crippen LogP contribution in [-0.4, -0.2) is 61.3 Å². The van der Waals surface area contributed by atoms with Gasteiger partial charge < -0.3 is 26.0 Å². The van der Waals surface area contributed by atoms with Gasteiger partial charge in [0.05, 0.1) is 6.42 Å². The minimum absolute atomic E-state index is 0.0601. The number of carboxylic acid groups (broad SMARTS) is 1. The predicted octanol–water partition coefficient (Wildman–Crippen LogP) is -0.190. The van der Waals surface area contributed by atoms with Gasteiger partial charge in [0, 0.05) is 33.2 Å². The number of nitrogens with one attached hydrogen (secondary N) is 3. The molecule has 0 aromatic heterocycles. The van der Waals surface area contributed by atoms with Crippen LogP contribution < -0.4 is 16.0 Å². The molecular weight excluding hydrogens is 264 g/mol. The fourth-order valence-electron chi connectivity index (χ4n) is 1.75. The SMILES string of the molecule is CN(C)C(=O)NCCNC(=O)NC(CC(=O)O)C1CC1. The van der Waals surface area contributed by atoms with Crippen LogP contribution in [0.15, 0.2) is 0 Å². The van der Waals surface area contributed by atoms with Crippen molar-refractivity contribution in [2.24, 2.45) is 5.92 Å². The molecule has 1 rings (SSSR count). The first-order valence-electron chi connectivity index (χ1n) is 6.61. The van der Waals surface area contributed by atoms with Crippen LogP contribution in [0.1, 0.15) is 19.3 Å². The highest BCUT2D eigenvalue weighted by Crippen LogP contribution is 2.33. The van der Waals surface area contributed by atoms with Gasteiger partial charge in [0.25, 0.3) is 0 Å². The summed E-state index contributed by atoms with van der Waals surface area (Å²) in [5.74, 6) is -0.647. The van der Waals surface area contributed by atoms with Gasteiger partial charge in [0.2, 0.25) is 0 Å². The molecule has 1 fully saturated rings. The minimum Gasteiger partial charge on any atom is -0.481 e. The van der Waals surface area contributed by atoms with E-state index in [4.69, 9.17) is 5.11 Å². The Hall–Kier alpha value is -1.99. The van der Waals surface area contributed by atoms with Crippen molar-refractivity contribution >= 4 is 18.0 Å². The first-order chi connectivity index (χ1) is 9.40. The number of hydrogen-bond donors (Lipinski definition) is 4. The number of carbonyl (C=O) groups is 3. The maximum Gasteiger partial charge on any atom is 0.316 e. The van der Waals surface area contributed by atoms with Crippen molar-refractivity contribution in [3.05, 3.63) is 0 Å². The molecule has 4 amide bonds. The first-order valence-corrected chi connectivity index (χ1v) is 6.61. The molecule has 8 heteroatoms. The molecule has 0 bridgehead atoms. The summed E-state index contributed by atoms with van der Waals surface area (Å²) in [6.07, 6.45) is 1.85. The summed E-state index contributed by atoms with van der Waals surface area (Å²) in [5, 5.41) is 16.6. The third kappa shape index (κ3) is 6.26. The summed E-state index contributed by atoms with van der Waals surface area (Å²) in [4.78, 5) is 34.9. The molecule has 1 aliphatic carbocycles. The number of carbonyl (C=O) groups excluding carboxylic acids is 2. The first kappa shape index (κ1) is 16.1. The lowest BCUT2D eigenvalue weighted by molar-refractivity contribution is -0.137. The van der Waals surface area contributed by atoms with E-state index in [9.17, 15) is 14.4 Å². The highest BCUT2D eigenvalue weighted by Gasteiger charge is 2.33. The fraction of sp³-hybridized carbons (Fsp3) is 0.750. The van der Waals surface area contributed by atoms with Crippen molar-refractivity contribution in [2.45, 2.75) is 25.3 Å². The largest absolute Gasteiger partial charge is 0.481 e. The third-order valence-electron chi connectivity index (χ3n) is 3.00. The topological polar surface area (TPSA) is 111 Å². The van der Waals surface area contributed by atoms with E-state index >= 15 is 0 Å². The maximum absolute atomic E-state index is 11.6. The van der Waals surface area contributed by atoms with Gasteiger partial charge in [-0.05, 0) is 18.8 Å². The van der Waals surface area contributed by atoms with Crippen molar-refractivity contribution in [1.29, 1.82) is 0 Å². The summed E-state index contributed by atoms with van der Waals surface area (Å²) in [6.45, 7) is 0.604. The van der Waals surface area contributed by atoms with Gasteiger partial charge >= 0.3 is 18.0 Å². The molecule has 0 heterocycles. The Kier molecular flexibility index (Phi) is 6.08. The number of hydrogen-bond acceptors (Lipinski definition) is 3. The number of rotatable bonds is 7. The smallest absolute Gasteiger partial charge is 0.316 e. The van der Waals surface area contributed by atoms with E-state index in [0.29, 0.717) is 6.54 Å². The van der Waals surface area contributed by atoms with Crippen LogP contribution in [0.25, 0.3) is 0 Å². The van der Waals surface area contributed by atoms with Crippen LogP contribution in [0.4, 0.5) is 9.59 Å². The molecular formula is C12H22N4O4. The second kappa shape index (κ2) is 7.56. The van der Waals surface area contributed by atoms with Crippen LogP contribution in [-0.2, 0) is 4.79 Å². The van der Waals surface area contributed by atoms with Gasteiger partial charge in [0.15, 0.2) is 0 Å². The van der Waals surface area contributed by atoms with Crippen molar-refractivity contribution < 1.29 is 19.5 Å². The van der Waals surface area contributed by atoms with Crippen molar-refractivity contribution in [3.8, 4) is 0 Å². The van der Waals surface area contributed by atoms with Gasteiger partial charge in [-0.1, -0.05) is 0 Å². The standard InChI is InChI=1S/C12H22N4O4/c1-16(2)12(20)14-6-5-13-11(19)15-9(7-10(17)18)8-3-4-8/h8-9H,3-7H2,1-2H3,(H,14,20)(H,17,18)(H2,13,15,19). The Morgan fingerprint density at radius 3 is 2.30 bits per heavy atom. The molecule has 0 radical (unpaired) electrons. The summed E-state index contributed by atoms with van der Waals surface area (Å²) < 4.78 is 0. The molecule has 114 valence electrons. The Balaban J connectivity index is 2.18. The average molecular weight is 286 g/mol. The lowest BCUT2D eigenvalue weighted by atomic mass is 10.1. The van der Waals surface area contributed by atoms with E-state index in [2.05, 4.69) is 16.0 Å². The molecule has 8 nitrogen and oxygen atoms in total. The number of amides is 4. The maximum atomic E-state index is 11.6. The van der Waals surface area contributed by atoms with Crippen LogP contribution >= 0.6 is 0 Å². The summed E-state index contributed by atoms with van der Waals surface area (Å²) in [7, 11) is 3.25. The lowest BCUT2D eigenvalue weighted by Crippen LogP contribution is -2.46. The van der Waals surface area contributed by atoms with E-state index in [1.54, 1.807) is 14.1 Å². The lowest BCUT2D eigenvalue weighted by Gasteiger charge is -2.17. The summed E-state index contributed by atoms with van der Waals surface area (Å²) in [6, 6.07) is -0.944. The van der Waals surface area contributed by atoms with Crippen molar-refractivity contribution in [1.82, 2.24) is 20.9 Å². The summed E-state index contributed by atoms with van der Waals surface area (Å²) in [5.41, 5.74) is 0. The quantitative estimate of drug-likeness (QED) is 0.486. The van der Waals surface area contributed by atoms with E-state index in [0.717, 1.165) is 12.8 Å². The van der Waals surface area contributed by atoms with Gasteiger partial charge in [-0.2, -0.15) is 0 Å². The second-order valence-corrected chi connectivity index (χ2v) is 5.07. The van der Waals surface area contributed by atoms with E-state index in [-0.39, 0.29) is 31.0 Å². The van der Waals surface area contributed by atoms with E-state index < -0.39 is 12.0 Å². The molecule has 20 heavy (non-hydrogen) atoms. The van der Waals surface area contributed by atoms with Gasteiger partial charge in [0.1, 0.15) is 0 Å². The Morgan fingerprint density at radius 2 is 1.80 bits per heavy atom. The molecule has 0 aromatic rings. The zero-order chi connectivity index (χ0) is 15.1. The van der Waals surface area contributed by atoms with Crippen LogP contribution in [0, 0.1) is 5.92 Å². The van der Waals surface area contributed by atoms with Crippen LogP contribution in [0.5, 0.6) is 0 Å². The fourth-order valence-corrected chi connectivity index (χ4v) is 1.75. The molecule has 1 aliphatic rings. The Bertz CT molecular complexity index is 368. The molecule has 1 saturated carbocycles. The van der Waals surface area contributed by atoms with Crippen LogP contribution in [0.2, 0.25) is 0 Å². The molecule has 0 aliphatic heterocycles. The van der Waals surface area contributed by atoms with E-state index in [1.807, 2.05) is 0 Å². The molecule has 0 spiro atoms. The number of carboxylic acids is 1. The molecule has 0 saturated heterocycles. The number of nitrogens with zero attached hydrogens (tertiary/aromatic N) is 1. The number of aliphatic carboxylic acids is 1. The molecule has 1 atom stereocenters. The Labute approximate surface area is 117 Å². The van der Waals surface area contributed by atoms with Crippen LogP contribution in [0.3, 0.4) is 0 Å². The zero-order valence-corrected chi connectivity index (χ0v) is 11.8. The molecule has 1 unspecified atom stereocenters. The highest BCUT2D eigenvalue weighted by atomic mass is 16.4. The van der Waals surface area contributed by atoms with Gasteiger partial charge in [-0.3, -0.25) is 4.79 Å².